The second-order valence-corrected chi connectivity index (χ2v) is 6.53. The van der Waals surface area contributed by atoms with Crippen molar-refractivity contribution in [3.05, 3.63) is 0 Å². The van der Waals surface area contributed by atoms with Gasteiger partial charge < -0.3 is 10.1 Å². The lowest BCUT2D eigenvalue weighted by molar-refractivity contribution is 0.128. The van der Waals surface area contributed by atoms with Gasteiger partial charge in [0.25, 0.3) is 0 Å². The summed E-state index contributed by atoms with van der Waals surface area (Å²) in [5.74, 6) is 2.01. The largest absolute Gasteiger partial charge is 0.380 e. The Morgan fingerprint density at radius 2 is 1.53 bits per heavy atom. The first kappa shape index (κ1) is 15.3. The molecule has 0 bridgehead atoms. The molecule has 2 fully saturated rings. The quantitative estimate of drug-likeness (QED) is 0.506. The molecular formula is C17H33NO. The average molecular weight is 267 g/mol. The maximum atomic E-state index is 5.73. The third kappa shape index (κ3) is 6.76. The van der Waals surface area contributed by atoms with Crippen molar-refractivity contribution in [2.24, 2.45) is 11.8 Å². The molecule has 1 N–H and O–H groups in total. The topological polar surface area (TPSA) is 21.3 Å². The summed E-state index contributed by atoms with van der Waals surface area (Å²) in [6.07, 6.45) is 14.0. The van der Waals surface area contributed by atoms with Crippen molar-refractivity contribution in [2.75, 3.05) is 19.8 Å². The summed E-state index contributed by atoms with van der Waals surface area (Å²) in [5, 5.41) is 3.74. The van der Waals surface area contributed by atoms with E-state index in [1.807, 2.05) is 0 Å². The number of rotatable bonds is 13. The van der Waals surface area contributed by atoms with E-state index < -0.39 is 0 Å². The second kappa shape index (κ2) is 8.97. The summed E-state index contributed by atoms with van der Waals surface area (Å²) >= 11 is 0. The molecule has 0 aliphatic heterocycles. The highest BCUT2D eigenvalue weighted by Gasteiger charge is 2.40. The molecular weight excluding hydrogens is 234 g/mol. The van der Waals surface area contributed by atoms with Crippen LogP contribution in [0, 0.1) is 11.8 Å². The molecule has 0 aromatic rings. The van der Waals surface area contributed by atoms with Crippen LogP contribution in [-0.4, -0.2) is 25.8 Å². The van der Waals surface area contributed by atoms with Gasteiger partial charge in [-0.3, -0.25) is 0 Å². The van der Waals surface area contributed by atoms with Crippen LogP contribution < -0.4 is 5.32 Å². The average Bonchev–Trinajstić information content (AvgIpc) is 3.28. The van der Waals surface area contributed by atoms with E-state index >= 15 is 0 Å². The Kier molecular flexibility index (Phi) is 7.23. The van der Waals surface area contributed by atoms with E-state index in [1.54, 1.807) is 0 Å². The molecule has 0 radical (unpaired) electrons. The molecule has 0 atom stereocenters. The van der Waals surface area contributed by atoms with Gasteiger partial charge in [0.2, 0.25) is 0 Å². The molecule has 0 aromatic heterocycles. The highest BCUT2D eigenvalue weighted by Crippen LogP contribution is 2.44. The minimum Gasteiger partial charge on any atom is -0.380 e. The fourth-order valence-corrected chi connectivity index (χ4v) is 3.01. The van der Waals surface area contributed by atoms with Gasteiger partial charge >= 0.3 is 0 Å². The van der Waals surface area contributed by atoms with E-state index in [1.165, 1.54) is 64.2 Å². The number of ether oxygens (including phenoxy) is 1. The molecule has 2 saturated carbocycles. The molecule has 2 nitrogen and oxygen atoms in total. The van der Waals surface area contributed by atoms with Crippen molar-refractivity contribution in [3.63, 3.8) is 0 Å². The van der Waals surface area contributed by atoms with Gasteiger partial charge in [-0.25, -0.2) is 0 Å². The van der Waals surface area contributed by atoms with Crippen molar-refractivity contribution in [1.82, 2.24) is 5.32 Å². The van der Waals surface area contributed by atoms with Crippen LogP contribution in [-0.2, 0) is 4.74 Å². The predicted octanol–water partition coefficient (Wildman–Crippen LogP) is 4.14. The zero-order valence-corrected chi connectivity index (χ0v) is 12.8. The molecule has 0 aromatic carbocycles. The maximum absolute atomic E-state index is 5.73. The number of hydrogen-bond acceptors (Lipinski definition) is 2. The lowest BCUT2D eigenvalue weighted by Gasteiger charge is -2.17. The van der Waals surface area contributed by atoms with Gasteiger partial charge in [0.05, 0.1) is 6.61 Å². The van der Waals surface area contributed by atoms with Gasteiger partial charge in [-0.1, -0.05) is 39.0 Å². The third-order valence-corrected chi connectivity index (χ3v) is 4.53. The molecule has 19 heavy (non-hydrogen) atoms. The van der Waals surface area contributed by atoms with Crippen molar-refractivity contribution in [1.29, 1.82) is 0 Å². The van der Waals surface area contributed by atoms with E-state index in [4.69, 9.17) is 4.74 Å². The van der Waals surface area contributed by atoms with Crippen LogP contribution in [0.2, 0.25) is 0 Å². The first-order chi connectivity index (χ1) is 9.42. The van der Waals surface area contributed by atoms with Crippen molar-refractivity contribution in [3.8, 4) is 0 Å². The number of unbranched alkanes of at least 4 members (excludes halogenated alkanes) is 5. The lowest BCUT2D eigenvalue weighted by Crippen LogP contribution is -2.35. The summed E-state index contributed by atoms with van der Waals surface area (Å²) in [4.78, 5) is 0. The Bertz CT molecular complexity index is 211. The SMILES string of the molecule is CCCCCCCCOCCNC(C1CC1)C1CC1. The lowest BCUT2D eigenvalue weighted by atomic mass is 10.1. The predicted molar refractivity (Wildman–Crippen MR) is 81.4 cm³/mol. The summed E-state index contributed by atoms with van der Waals surface area (Å²) in [7, 11) is 0. The highest BCUT2D eigenvalue weighted by molar-refractivity contribution is 4.96. The number of hydrogen-bond donors (Lipinski definition) is 1. The molecule has 0 heterocycles. The normalized spacial score (nSPS) is 19.3. The first-order valence-corrected chi connectivity index (χ1v) is 8.73. The van der Waals surface area contributed by atoms with E-state index in [-0.39, 0.29) is 0 Å². The molecule has 2 aliphatic rings. The van der Waals surface area contributed by atoms with Crippen LogP contribution >= 0.6 is 0 Å². The summed E-state index contributed by atoms with van der Waals surface area (Å²) < 4.78 is 5.73. The monoisotopic (exact) mass is 267 g/mol. The molecule has 112 valence electrons. The third-order valence-electron chi connectivity index (χ3n) is 4.53. The van der Waals surface area contributed by atoms with E-state index in [9.17, 15) is 0 Å². The first-order valence-electron chi connectivity index (χ1n) is 8.73. The number of nitrogens with one attached hydrogen (secondary N) is 1. The van der Waals surface area contributed by atoms with E-state index in [0.29, 0.717) is 0 Å². The van der Waals surface area contributed by atoms with Crippen molar-refractivity contribution in [2.45, 2.75) is 77.2 Å². The van der Waals surface area contributed by atoms with Crippen LogP contribution in [0.15, 0.2) is 0 Å². The molecule has 0 amide bonds. The zero-order valence-electron chi connectivity index (χ0n) is 12.8. The molecule has 2 rings (SSSR count). The van der Waals surface area contributed by atoms with Crippen LogP contribution in [0.25, 0.3) is 0 Å². The Morgan fingerprint density at radius 3 is 2.16 bits per heavy atom. The molecule has 2 aliphatic carbocycles. The van der Waals surface area contributed by atoms with Gasteiger partial charge in [-0.15, -0.1) is 0 Å². The smallest absolute Gasteiger partial charge is 0.0591 e. The Balaban J connectivity index is 1.34. The van der Waals surface area contributed by atoms with E-state index in [2.05, 4.69) is 12.2 Å². The van der Waals surface area contributed by atoms with Gasteiger partial charge in [0.15, 0.2) is 0 Å². The van der Waals surface area contributed by atoms with Crippen LogP contribution in [0.5, 0.6) is 0 Å². The van der Waals surface area contributed by atoms with Gasteiger partial charge in [0, 0.05) is 19.2 Å². The Labute approximate surface area is 119 Å². The van der Waals surface area contributed by atoms with Crippen LogP contribution in [0.1, 0.15) is 71.1 Å². The van der Waals surface area contributed by atoms with E-state index in [0.717, 1.165) is 37.6 Å². The minimum atomic E-state index is 0.831. The molecule has 0 unspecified atom stereocenters. The van der Waals surface area contributed by atoms with Crippen LogP contribution in [0.3, 0.4) is 0 Å². The van der Waals surface area contributed by atoms with Crippen molar-refractivity contribution >= 4 is 0 Å². The minimum absolute atomic E-state index is 0.831. The molecule has 0 saturated heterocycles. The van der Waals surface area contributed by atoms with Crippen LogP contribution in [0.4, 0.5) is 0 Å². The summed E-state index contributed by atoms with van der Waals surface area (Å²) in [6, 6.07) is 0.831. The fourth-order valence-electron chi connectivity index (χ4n) is 3.01. The second-order valence-electron chi connectivity index (χ2n) is 6.53. The Hall–Kier alpha value is -0.0800. The molecule has 0 spiro atoms. The Morgan fingerprint density at radius 1 is 0.895 bits per heavy atom. The summed E-state index contributed by atoms with van der Waals surface area (Å²) in [5.41, 5.74) is 0. The highest BCUT2D eigenvalue weighted by atomic mass is 16.5. The van der Waals surface area contributed by atoms with Crippen molar-refractivity contribution < 1.29 is 4.74 Å². The van der Waals surface area contributed by atoms with Gasteiger partial charge in [0.1, 0.15) is 0 Å². The van der Waals surface area contributed by atoms with Gasteiger partial charge in [-0.2, -0.15) is 0 Å². The fraction of sp³-hybridized carbons (Fsp3) is 1.00. The van der Waals surface area contributed by atoms with Gasteiger partial charge in [-0.05, 0) is 43.9 Å². The standard InChI is InChI=1S/C17H33NO/c1-2-3-4-5-6-7-13-19-14-12-18-17(15-8-9-15)16-10-11-16/h15-18H,2-14H2,1H3. The maximum Gasteiger partial charge on any atom is 0.0591 e. The zero-order chi connectivity index (χ0) is 13.3. The molecule has 2 heteroatoms. The summed E-state index contributed by atoms with van der Waals surface area (Å²) in [6.45, 7) is 5.20.